The van der Waals surface area contributed by atoms with Gasteiger partial charge in [-0.15, -0.1) is 0 Å². The SMILES string of the molecule is O=C(CO)NCCc1ccc(C2CCCCC2)cc1. The summed E-state index contributed by atoms with van der Waals surface area (Å²) in [4.78, 5) is 10.9. The summed E-state index contributed by atoms with van der Waals surface area (Å²) in [6, 6.07) is 8.79. The quantitative estimate of drug-likeness (QED) is 0.855. The minimum atomic E-state index is -0.430. The molecule has 1 aromatic carbocycles. The van der Waals surface area contributed by atoms with Crippen LogP contribution in [0.25, 0.3) is 0 Å². The van der Waals surface area contributed by atoms with E-state index in [9.17, 15) is 4.79 Å². The summed E-state index contributed by atoms with van der Waals surface area (Å²) in [7, 11) is 0. The number of rotatable bonds is 5. The fraction of sp³-hybridized carbons (Fsp3) is 0.562. The highest BCUT2D eigenvalue weighted by atomic mass is 16.3. The van der Waals surface area contributed by atoms with Crippen LogP contribution >= 0.6 is 0 Å². The summed E-state index contributed by atoms with van der Waals surface area (Å²) in [6.07, 6.45) is 7.58. The zero-order chi connectivity index (χ0) is 13.5. The van der Waals surface area contributed by atoms with Crippen molar-refractivity contribution in [1.29, 1.82) is 0 Å². The lowest BCUT2D eigenvalue weighted by Crippen LogP contribution is -2.28. The first-order valence-corrected chi connectivity index (χ1v) is 7.26. The van der Waals surface area contributed by atoms with E-state index in [0.717, 1.165) is 12.3 Å². The molecule has 1 aliphatic rings. The molecule has 1 fully saturated rings. The molecule has 1 aliphatic carbocycles. The minimum absolute atomic E-state index is 0.307. The highest BCUT2D eigenvalue weighted by Crippen LogP contribution is 2.32. The number of nitrogens with one attached hydrogen (secondary N) is 1. The number of hydrogen-bond acceptors (Lipinski definition) is 2. The monoisotopic (exact) mass is 261 g/mol. The van der Waals surface area contributed by atoms with Gasteiger partial charge in [-0.2, -0.15) is 0 Å². The molecule has 1 amide bonds. The van der Waals surface area contributed by atoms with Gasteiger partial charge in [-0.05, 0) is 36.3 Å². The van der Waals surface area contributed by atoms with Crippen LogP contribution in [0.3, 0.4) is 0 Å². The summed E-state index contributed by atoms with van der Waals surface area (Å²) in [5.41, 5.74) is 2.70. The number of hydrogen-bond donors (Lipinski definition) is 2. The fourth-order valence-electron chi connectivity index (χ4n) is 2.79. The third-order valence-corrected chi connectivity index (χ3v) is 3.94. The molecule has 3 nitrogen and oxygen atoms in total. The number of benzene rings is 1. The predicted octanol–water partition coefficient (Wildman–Crippen LogP) is 2.39. The molecule has 0 heterocycles. The first-order chi connectivity index (χ1) is 9.29. The Labute approximate surface area is 115 Å². The third-order valence-electron chi connectivity index (χ3n) is 3.94. The molecule has 0 aromatic heterocycles. The van der Waals surface area contributed by atoms with Crippen molar-refractivity contribution in [3.05, 3.63) is 35.4 Å². The maximum Gasteiger partial charge on any atom is 0.245 e. The van der Waals surface area contributed by atoms with Gasteiger partial charge >= 0.3 is 0 Å². The molecule has 0 atom stereocenters. The predicted molar refractivity (Wildman–Crippen MR) is 76.1 cm³/mol. The van der Waals surface area contributed by atoms with Crippen molar-refractivity contribution in [3.63, 3.8) is 0 Å². The zero-order valence-electron chi connectivity index (χ0n) is 11.4. The van der Waals surface area contributed by atoms with Crippen LogP contribution < -0.4 is 5.32 Å². The van der Waals surface area contributed by atoms with Crippen LogP contribution in [0, 0.1) is 0 Å². The number of amides is 1. The molecule has 0 unspecified atom stereocenters. The van der Waals surface area contributed by atoms with Crippen molar-refractivity contribution in [2.24, 2.45) is 0 Å². The van der Waals surface area contributed by atoms with E-state index < -0.39 is 6.61 Å². The molecule has 2 N–H and O–H groups in total. The molecule has 0 radical (unpaired) electrons. The standard InChI is InChI=1S/C16H23NO2/c18-12-16(19)17-11-10-13-6-8-15(9-7-13)14-4-2-1-3-5-14/h6-9,14,18H,1-5,10-12H2,(H,17,19). The summed E-state index contributed by atoms with van der Waals surface area (Å²) < 4.78 is 0. The Morgan fingerprint density at radius 1 is 1.16 bits per heavy atom. The van der Waals surface area contributed by atoms with E-state index in [1.807, 2.05) is 0 Å². The van der Waals surface area contributed by atoms with Gasteiger partial charge in [-0.1, -0.05) is 43.5 Å². The second-order valence-electron chi connectivity index (χ2n) is 5.33. The van der Waals surface area contributed by atoms with E-state index in [-0.39, 0.29) is 5.91 Å². The van der Waals surface area contributed by atoms with E-state index in [1.54, 1.807) is 0 Å². The summed E-state index contributed by atoms with van der Waals surface area (Å²) >= 11 is 0. The van der Waals surface area contributed by atoms with Crippen LogP contribution in [0.1, 0.15) is 49.1 Å². The third kappa shape index (κ3) is 4.35. The van der Waals surface area contributed by atoms with Crippen LogP contribution in [0.4, 0.5) is 0 Å². The van der Waals surface area contributed by atoms with Crippen LogP contribution in [-0.2, 0) is 11.2 Å². The molecule has 1 saturated carbocycles. The van der Waals surface area contributed by atoms with Gasteiger partial charge in [0, 0.05) is 6.54 Å². The first-order valence-electron chi connectivity index (χ1n) is 7.26. The maximum absolute atomic E-state index is 10.9. The molecule has 1 aromatic rings. The second-order valence-corrected chi connectivity index (χ2v) is 5.33. The van der Waals surface area contributed by atoms with Gasteiger partial charge in [0.1, 0.15) is 6.61 Å². The lowest BCUT2D eigenvalue weighted by molar-refractivity contribution is -0.123. The number of carbonyl (C=O) groups excluding carboxylic acids is 1. The van der Waals surface area contributed by atoms with Gasteiger partial charge in [0.2, 0.25) is 5.91 Å². The van der Waals surface area contributed by atoms with Crippen molar-refractivity contribution >= 4 is 5.91 Å². The van der Waals surface area contributed by atoms with E-state index >= 15 is 0 Å². The van der Waals surface area contributed by atoms with Gasteiger partial charge < -0.3 is 10.4 Å². The maximum atomic E-state index is 10.9. The Bertz CT molecular complexity index is 394. The zero-order valence-corrected chi connectivity index (χ0v) is 11.4. The van der Waals surface area contributed by atoms with E-state index in [0.29, 0.717) is 6.54 Å². The molecular weight excluding hydrogens is 238 g/mol. The first kappa shape index (κ1) is 14.1. The van der Waals surface area contributed by atoms with Gasteiger partial charge in [0.05, 0.1) is 0 Å². The Kier molecular flexibility index (Phi) is 5.40. The van der Waals surface area contributed by atoms with Crippen LogP contribution in [0.2, 0.25) is 0 Å². The van der Waals surface area contributed by atoms with E-state index in [1.165, 1.54) is 43.2 Å². The normalized spacial score (nSPS) is 16.3. The summed E-state index contributed by atoms with van der Waals surface area (Å²) in [5, 5.41) is 11.3. The van der Waals surface area contributed by atoms with E-state index in [2.05, 4.69) is 29.6 Å². The number of carbonyl (C=O) groups is 1. The molecule has 3 heteroatoms. The lowest BCUT2D eigenvalue weighted by Gasteiger charge is -2.22. The van der Waals surface area contributed by atoms with Crippen molar-refractivity contribution in [2.75, 3.05) is 13.2 Å². The van der Waals surface area contributed by atoms with Crippen LogP contribution in [-0.4, -0.2) is 24.2 Å². The van der Waals surface area contributed by atoms with Crippen molar-refractivity contribution in [3.8, 4) is 0 Å². The molecule has 0 saturated heterocycles. The molecule has 0 bridgehead atoms. The fourth-order valence-corrected chi connectivity index (χ4v) is 2.79. The summed E-state index contributed by atoms with van der Waals surface area (Å²) in [5.74, 6) is 0.440. The van der Waals surface area contributed by atoms with E-state index in [4.69, 9.17) is 5.11 Å². The average Bonchev–Trinajstić information content (AvgIpc) is 2.48. The minimum Gasteiger partial charge on any atom is -0.387 e. The second kappa shape index (κ2) is 7.29. The van der Waals surface area contributed by atoms with Crippen molar-refractivity contribution < 1.29 is 9.90 Å². The highest BCUT2D eigenvalue weighted by Gasteiger charge is 2.14. The Balaban J connectivity index is 1.82. The molecule has 0 aliphatic heterocycles. The summed E-state index contributed by atoms with van der Waals surface area (Å²) in [6.45, 7) is 0.156. The molecular formula is C16H23NO2. The smallest absolute Gasteiger partial charge is 0.245 e. The van der Waals surface area contributed by atoms with Gasteiger partial charge in [-0.3, -0.25) is 4.79 Å². The Morgan fingerprint density at radius 2 is 1.84 bits per heavy atom. The molecule has 0 spiro atoms. The number of aliphatic hydroxyl groups is 1. The van der Waals surface area contributed by atoms with Gasteiger partial charge in [0.25, 0.3) is 0 Å². The molecule has 19 heavy (non-hydrogen) atoms. The lowest BCUT2D eigenvalue weighted by atomic mass is 9.84. The Morgan fingerprint density at radius 3 is 2.47 bits per heavy atom. The largest absolute Gasteiger partial charge is 0.387 e. The van der Waals surface area contributed by atoms with Crippen LogP contribution in [0.5, 0.6) is 0 Å². The van der Waals surface area contributed by atoms with Crippen molar-refractivity contribution in [2.45, 2.75) is 44.4 Å². The van der Waals surface area contributed by atoms with Gasteiger partial charge in [0.15, 0.2) is 0 Å². The molecule has 104 valence electrons. The van der Waals surface area contributed by atoms with Gasteiger partial charge in [-0.25, -0.2) is 0 Å². The number of aliphatic hydroxyl groups excluding tert-OH is 1. The highest BCUT2D eigenvalue weighted by molar-refractivity contribution is 5.76. The topological polar surface area (TPSA) is 49.3 Å². The van der Waals surface area contributed by atoms with Crippen LogP contribution in [0.15, 0.2) is 24.3 Å². The average molecular weight is 261 g/mol. The molecule has 2 rings (SSSR count). The van der Waals surface area contributed by atoms with Crippen molar-refractivity contribution in [1.82, 2.24) is 5.32 Å². The Hall–Kier alpha value is -1.35.